The molecular formula is C16H19N5O3S2. The van der Waals surface area contributed by atoms with Crippen LogP contribution < -0.4 is 5.32 Å². The molecule has 0 aromatic carbocycles. The van der Waals surface area contributed by atoms with Crippen molar-refractivity contribution < 1.29 is 14.3 Å². The summed E-state index contributed by atoms with van der Waals surface area (Å²) in [7, 11) is 0. The molecular weight excluding hydrogens is 374 g/mol. The van der Waals surface area contributed by atoms with Crippen LogP contribution in [0.15, 0.2) is 27.8 Å². The highest BCUT2D eigenvalue weighted by molar-refractivity contribution is 7.80. The zero-order valence-corrected chi connectivity index (χ0v) is 16.2. The summed E-state index contributed by atoms with van der Waals surface area (Å²) in [5.41, 5.74) is 1.13. The Morgan fingerprint density at radius 3 is 2.88 bits per heavy atom. The quantitative estimate of drug-likeness (QED) is 0.597. The minimum atomic E-state index is -0.418. The Hall–Kier alpha value is -2.33. The fourth-order valence-electron chi connectivity index (χ4n) is 2.78. The maximum atomic E-state index is 12.6. The van der Waals surface area contributed by atoms with Crippen molar-refractivity contribution in [3.8, 4) is 0 Å². The normalized spacial score (nSPS) is 17.0. The number of aliphatic imine (C=N–C) groups is 1. The van der Waals surface area contributed by atoms with Gasteiger partial charge in [0.05, 0.1) is 31.0 Å². The van der Waals surface area contributed by atoms with E-state index in [4.69, 9.17) is 17.0 Å². The van der Waals surface area contributed by atoms with Gasteiger partial charge in [-0.3, -0.25) is 14.7 Å². The number of thiazole rings is 1. The van der Waals surface area contributed by atoms with E-state index in [1.165, 1.54) is 16.2 Å². The van der Waals surface area contributed by atoms with Crippen LogP contribution in [0.4, 0.5) is 0 Å². The van der Waals surface area contributed by atoms with Crippen molar-refractivity contribution in [1.82, 2.24) is 20.1 Å². The Kier molecular flexibility index (Phi) is 5.62. The van der Waals surface area contributed by atoms with Crippen LogP contribution >= 0.6 is 23.6 Å². The van der Waals surface area contributed by atoms with E-state index in [0.29, 0.717) is 33.8 Å². The van der Waals surface area contributed by atoms with Gasteiger partial charge >= 0.3 is 5.97 Å². The predicted octanol–water partition coefficient (Wildman–Crippen LogP) is 0.759. The largest absolute Gasteiger partial charge is 0.463 e. The average Bonchev–Trinajstić information content (AvgIpc) is 3.15. The molecule has 1 aromatic rings. The summed E-state index contributed by atoms with van der Waals surface area (Å²) in [4.78, 5) is 37.0. The molecule has 1 saturated heterocycles. The van der Waals surface area contributed by atoms with Crippen molar-refractivity contribution in [3.05, 3.63) is 27.9 Å². The molecule has 0 radical (unpaired) electrons. The summed E-state index contributed by atoms with van der Waals surface area (Å²) in [5.74, 6) is 0.0255. The number of amidine groups is 1. The van der Waals surface area contributed by atoms with Crippen molar-refractivity contribution in [2.45, 2.75) is 13.8 Å². The molecule has 10 heteroatoms. The summed E-state index contributed by atoms with van der Waals surface area (Å²) >= 11 is 6.74. The van der Waals surface area contributed by atoms with Crippen LogP contribution in [0.5, 0.6) is 0 Å². The Labute approximate surface area is 160 Å². The lowest BCUT2D eigenvalue weighted by atomic mass is 10.1. The molecule has 1 fully saturated rings. The number of piperazine rings is 1. The van der Waals surface area contributed by atoms with Crippen LogP contribution in [0.25, 0.3) is 0 Å². The molecule has 26 heavy (non-hydrogen) atoms. The van der Waals surface area contributed by atoms with Crippen LogP contribution in [0, 0.1) is 0 Å². The fraction of sp³-hybridized carbons (Fsp3) is 0.438. The number of nitrogens with one attached hydrogen (secondary N) is 1. The summed E-state index contributed by atoms with van der Waals surface area (Å²) in [6.07, 6.45) is 1.69. The van der Waals surface area contributed by atoms with Gasteiger partial charge in [-0.15, -0.1) is 11.3 Å². The van der Waals surface area contributed by atoms with E-state index in [9.17, 15) is 9.59 Å². The summed E-state index contributed by atoms with van der Waals surface area (Å²) in [6, 6.07) is 0. The lowest BCUT2D eigenvalue weighted by Crippen LogP contribution is -2.56. The Balaban J connectivity index is 1.97. The van der Waals surface area contributed by atoms with E-state index in [1.807, 2.05) is 12.3 Å². The molecule has 1 aromatic heterocycles. The molecule has 138 valence electrons. The highest BCUT2D eigenvalue weighted by Gasteiger charge is 2.38. The fourth-order valence-corrected chi connectivity index (χ4v) is 3.74. The van der Waals surface area contributed by atoms with Gasteiger partial charge in [0, 0.05) is 18.1 Å². The molecule has 2 aliphatic rings. The van der Waals surface area contributed by atoms with Crippen LogP contribution in [0.3, 0.4) is 0 Å². The summed E-state index contributed by atoms with van der Waals surface area (Å²) in [5, 5.41) is 5.90. The smallest absolute Gasteiger partial charge is 0.337 e. The molecule has 2 aliphatic heterocycles. The number of carbonyl (C=O) groups excluding carboxylic acids is 2. The van der Waals surface area contributed by atoms with Gasteiger partial charge in [0.1, 0.15) is 6.54 Å². The van der Waals surface area contributed by atoms with Crippen LogP contribution in [-0.4, -0.2) is 70.4 Å². The number of hydrogen-bond acceptors (Lipinski definition) is 8. The predicted molar refractivity (Wildman–Crippen MR) is 102 cm³/mol. The lowest BCUT2D eigenvalue weighted by Gasteiger charge is -2.40. The van der Waals surface area contributed by atoms with Crippen molar-refractivity contribution in [3.63, 3.8) is 0 Å². The van der Waals surface area contributed by atoms with E-state index in [-0.39, 0.29) is 32.1 Å². The third-order valence-electron chi connectivity index (χ3n) is 3.94. The monoisotopic (exact) mass is 393 g/mol. The van der Waals surface area contributed by atoms with Gasteiger partial charge in [-0.2, -0.15) is 0 Å². The molecule has 8 nitrogen and oxygen atoms in total. The molecule has 3 rings (SSSR count). The third-order valence-corrected chi connectivity index (χ3v) is 5.07. The van der Waals surface area contributed by atoms with E-state index in [2.05, 4.69) is 15.3 Å². The minimum absolute atomic E-state index is 0.0438. The number of carbonyl (C=O) groups is 2. The van der Waals surface area contributed by atoms with E-state index < -0.39 is 5.97 Å². The van der Waals surface area contributed by atoms with Gasteiger partial charge < -0.3 is 15.0 Å². The van der Waals surface area contributed by atoms with Gasteiger partial charge in [0.25, 0.3) is 0 Å². The maximum absolute atomic E-state index is 12.6. The average molecular weight is 393 g/mol. The SMILES string of the molecule is CCNC(=S)N1CC2=C(C(=O)OCC)CN=C(c3nccs3)N2CC1=O. The molecule has 0 atom stereocenters. The molecule has 0 aliphatic carbocycles. The highest BCUT2D eigenvalue weighted by atomic mass is 32.1. The lowest BCUT2D eigenvalue weighted by molar-refractivity contribution is -0.139. The van der Waals surface area contributed by atoms with Gasteiger partial charge in [-0.1, -0.05) is 0 Å². The Morgan fingerprint density at radius 1 is 1.42 bits per heavy atom. The number of fused-ring (bicyclic) bond motifs is 1. The van der Waals surface area contributed by atoms with Crippen LogP contribution in [0.2, 0.25) is 0 Å². The first-order valence-corrected chi connectivity index (χ1v) is 9.54. The molecule has 0 unspecified atom stereocenters. The maximum Gasteiger partial charge on any atom is 0.337 e. The number of esters is 1. The van der Waals surface area contributed by atoms with Gasteiger partial charge in [-0.05, 0) is 26.1 Å². The standard InChI is InChI=1S/C16H19N5O3S2/c1-3-17-16(25)21-8-11-10(15(23)24-4-2)7-19-13(14-18-5-6-26-14)20(11)9-12(21)22/h5-6H,3-4,7-9H2,1-2H3,(H,17,25). The Morgan fingerprint density at radius 2 is 2.23 bits per heavy atom. The van der Waals surface area contributed by atoms with Crippen molar-refractivity contribution in [2.24, 2.45) is 4.99 Å². The van der Waals surface area contributed by atoms with Crippen molar-refractivity contribution in [2.75, 3.05) is 32.8 Å². The molecule has 1 N–H and O–H groups in total. The van der Waals surface area contributed by atoms with E-state index in [1.54, 1.807) is 18.0 Å². The number of amides is 1. The molecule has 0 spiro atoms. The second-order valence-corrected chi connectivity index (χ2v) is 6.81. The Bertz CT molecular complexity index is 788. The highest BCUT2D eigenvalue weighted by Crippen LogP contribution is 2.27. The first-order chi connectivity index (χ1) is 12.6. The summed E-state index contributed by atoms with van der Waals surface area (Å²) < 4.78 is 5.17. The van der Waals surface area contributed by atoms with Gasteiger partial charge in [0.15, 0.2) is 16.0 Å². The van der Waals surface area contributed by atoms with Gasteiger partial charge in [-0.25, -0.2) is 9.78 Å². The zero-order chi connectivity index (χ0) is 18.7. The van der Waals surface area contributed by atoms with E-state index in [0.717, 1.165) is 0 Å². The number of ether oxygens (including phenoxy) is 1. The third kappa shape index (κ3) is 3.47. The second kappa shape index (κ2) is 7.92. The topological polar surface area (TPSA) is 87.1 Å². The molecule has 1 amide bonds. The summed E-state index contributed by atoms with van der Waals surface area (Å²) in [6.45, 7) is 4.98. The number of thiocarbonyl (C=S) groups is 1. The second-order valence-electron chi connectivity index (χ2n) is 5.52. The minimum Gasteiger partial charge on any atom is -0.463 e. The van der Waals surface area contributed by atoms with Crippen molar-refractivity contribution in [1.29, 1.82) is 0 Å². The number of hydrogen-bond donors (Lipinski definition) is 1. The first-order valence-electron chi connectivity index (χ1n) is 8.26. The van der Waals surface area contributed by atoms with Gasteiger partial charge in [0.2, 0.25) is 5.91 Å². The van der Waals surface area contributed by atoms with Crippen LogP contribution in [0.1, 0.15) is 18.9 Å². The molecule has 0 bridgehead atoms. The van der Waals surface area contributed by atoms with E-state index >= 15 is 0 Å². The molecule has 0 saturated carbocycles. The van der Waals surface area contributed by atoms with Crippen molar-refractivity contribution >= 4 is 46.4 Å². The number of nitrogens with zero attached hydrogens (tertiary/aromatic N) is 4. The first kappa shape index (κ1) is 18.5. The number of rotatable bonds is 4. The number of aromatic nitrogens is 1. The molecule has 3 heterocycles. The zero-order valence-electron chi connectivity index (χ0n) is 14.5. The van der Waals surface area contributed by atoms with Crippen LogP contribution in [-0.2, 0) is 14.3 Å².